The lowest BCUT2D eigenvalue weighted by Crippen LogP contribution is -2.19. The molecular weight excluding hydrogens is 309 g/mol. The maximum atomic E-state index is 14.1. The quantitative estimate of drug-likeness (QED) is 0.799. The maximum Gasteiger partial charge on any atom is 0.127 e. The van der Waals surface area contributed by atoms with Crippen molar-refractivity contribution in [3.05, 3.63) is 69.5 Å². The molecular formula is C20H25ClFN. The van der Waals surface area contributed by atoms with Crippen LogP contribution in [-0.4, -0.2) is 6.54 Å². The van der Waals surface area contributed by atoms with Gasteiger partial charge in [0.15, 0.2) is 0 Å². The molecule has 0 aliphatic heterocycles. The van der Waals surface area contributed by atoms with Gasteiger partial charge in [0.25, 0.3) is 0 Å². The van der Waals surface area contributed by atoms with Crippen LogP contribution in [0.4, 0.5) is 4.39 Å². The Kier molecular flexibility index (Phi) is 5.49. The van der Waals surface area contributed by atoms with E-state index in [0.29, 0.717) is 23.6 Å². The van der Waals surface area contributed by atoms with E-state index in [4.69, 9.17) is 17.3 Å². The van der Waals surface area contributed by atoms with E-state index in [1.54, 1.807) is 12.1 Å². The van der Waals surface area contributed by atoms with Crippen LogP contribution >= 0.6 is 11.6 Å². The minimum Gasteiger partial charge on any atom is -0.330 e. The van der Waals surface area contributed by atoms with E-state index in [9.17, 15) is 4.39 Å². The highest BCUT2D eigenvalue weighted by atomic mass is 35.5. The Labute approximate surface area is 143 Å². The van der Waals surface area contributed by atoms with E-state index in [1.165, 1.54) is 22.8 Å². The van der Waals surface area contributed by atoms with Gasteiger partial charge in [0.05, 0.1) is 0 Å². The Morgan fingerprint density at radius 2 is 1.87 bits per heavy atom. The van der Waals surface area contributed by atoms with Gasteiger partial charge in [-0.15, -0.1) is 0 Å². The summed E-state index contributed by atoms with van der Waals surface area (Å²) in [6, 6.07) is 11.3. The number of nitrogens with two attached hydrogens (primary N) is 1. The molecule has 0 amide bonds. The van der Waals surface area contributed by atoms with Crippen LogP contribution in [0.25, 0.3) is 0 Å². The molecule has 0 bridgehead atoms. The largest absolute Gasteiger partial charge is 0.330 e. The fourth-order valence-corrected chi connectivity index (χ4v) is 3.08. The van der Waals surface area contributed by atoms with E-state index in [2.05, 4.69) is 45.9 Å². The van der Waals surface area contributed by atoms with Crippen LogP contribution in [0.1, 0.15) is 48.9 Å². The van der Waals surface area contributed by atoms with Crippen molar-refractivity contribution in [2.45, 2.75) is 45.4 Å². The molecule has 0 fully saturated rings. The molecule has 3 heteroatoms. The summed E-state index contributed by atoms with van der Waals surface area (Å²) in [6.07, 6.45) is 0.510. The molecule has 0 spiro atoms. The maximum absolute atomic E-state index is 14.1. The first-order valence-electron chi connectivity index (χ1n) is 7.98. The van der Waals surface area contributed by atoms with E-state index in [0.717, 1.165) is 0 Å². The van der Waals surface area contributed by atoms with Crippen molar-refractivity contribution in [2.75, 3.05) is 6.54 Å². The summed E-state index contributed by atoms with van der Waals surface area (Å²) in [5.74, 6) is -0.215. The molecule has 23 heavy (non-hydrogen) atoms. The zero-order valence-corrected chi connectivity index (χ0v) is 15.0. The summed E-state index contributed by atoms with van der Waals surface area (Å²) in [6.45, 7) is 9.10. The topological polar surface area (TPSA) is 26.0 Å². The van der Waals surface area contributed by atoms with Crippen LogP contribution in [0.5, 0.6) is 0 Å². The first-order chi connectivity index (χ1) is 10.7. The van der Waals surface area contributed by atoms with Gasteiger partial charge >= 0.3 is 0 Å². The van der Waals surface area contributed by atoms with Gasteiger partial charge in [0.2, 0.25) is 0 Å². The molecule has 1 unspecified atom stereocenters. The molecule has 0 heterocycles. The van der Waals surface area contributed by atoms with Crippen LogP contribution in [0.3, 0.4) is 0 Å². The SMILES string of the molecule is Cc1ccc(C(C)(C)C)cc1C(CN)Cc1c(F)cccc1Cl. The Morgan fingerprint density at radius 1 is 1.17 bits per heavy atom. The molecule has 2 aromatic rings. The highest BCUT2D eigenvalue weighted by molar-refractivity contribution is 6.31. The lowest BCUT2D eigenvalue weighted by molar-refractivity contribution is 0.579. The second kappa shape index (κ2) is 7.02. The van der Waals surface area contributed by atoms with Crippen molar-refractivity contribution in [1.29, 1.82) is 0 Å². The number of hydrogen-bond acceptors (Lipinski definition) is 1. The second-order valence-electron chi connectivity index (χ2n) is 7.16. The molecule has 2 N–H and O–H groups in total. The Morgan fingerprint density at radius 3 is 2.43 bits per heavy atom. The van der Waals surface area contributed by atoms with Crippen LogP contribution in [0.15, 0.2) is 36.4 Å². The first kappa shape index (κ1) is 18.0. The zero-order chi connectivity index (χ0) is 17.2. The summed E-state index contributed by atoms with van der Waals surface area (Å²) >= 11 is 6.18. The van der Waals surface area contributed by atoms with Crippen molar-refractivity contribution in [3.63, 3.8) is 0 Å². The smallest absolute Gasteiger partial charge is 0.127 e. The Bertz CT molecular complexity index is 668. The average Bonchev–Trinajstić information content (AvgIpc) is 2.47. The highest BCUT2D eigenvalue weighted by Crippen LogP contribution is 2.31. The highest BCUT2D eigenvalue weighted by Gasteiger charge is 2.20. The van der Waals surface area contributed by atoms with Crippen molar-refractivity contribution in [1.82, 2.24) is 0 Å². The predicted octanol–water partition coefficient (Wildman–Crippen LogP) is 5.37. The lowest BCUT2D eigenvalue weighted by atomic mass is 9.81. The predicted molar refractivity (Wildman–Crippen MR) is 96.8 cm³/mol. The van der Waals surface area contributed by atoms with Gasteiger partial charge in [-0.3, -0.25) is 0 Å². The van der Waals surface area contributed by atoms with Crippen molar-refractivity contribution >= 4 is 11.6 Å². The van der Waals surface area contributed by atoms with E-state index in [-0.39, 0.29) is 17.2 Å². The Balaban J connectivity index is 2.42. The van der Waals surface area contributed by atoms with Gasteiger partial charge in [0.1, 0.15) is 5.82 Å². The number of hydrogen-bond donors (Lipinski definition) is 1. The molecule has 0 aliphatic rings. The number of benzene rings is 2. The minimum atomic E-state index is -0.263. The number of halogens is 2. The third-order valence-electron chi connectivity index (χ3n) is 4.38. The second-order valence-corrected chi connectivity index (χ2v) is 7.57. The molecule has 1 nitrogen and oxygen atoms in total. The number of aryl methyl sites for hydroxylation is 1. The molecule has 1 atom stereocenters. The summed E-state index contributed by atoms with van der Waals surface area (Å²) in [7, 11) is 0. The number of rotatable bonds is 4. The van der Waals surface area contributed by atoms with Gasteiger partial charge in [0, 0.05) is 16.5 Å². The van der Waals surface area contributed by atoms with Gasteiger partial charge in [-0.1, -0.05) is 56.6 Å². The van der Waals surface area contributed by atoms with Crippen LogP contribution in [0.2, 0.25) is 5.02 Å². The third-order valence-corrected chi connectivity index (χ3v) is 4.74. The molecule has 0 saturated heterocycles. The van der Waals surface area contributed by atoms with Crippen LogP contribution < -0.4 is 5.73 Å². The van der Waals surface area contributed by atoms with E-state index >= 15 is 0 Å². The molecule has 2 rings (SSSR count). The summed E-state index contributed by atoms with van der Waals surface area (Å²) in [4.78, 5) is 0. The molecule has 2 aromatic carbocycles. The summed E-state index contributed by atoms with van der Waals surface area (Å²) in [5.41, 5.74) is 10.3. The van der Waals surface area contributed by atoms with E-state index in [1.807, 2.05) is 0 Å². The summed E-state index contributed by atoms with van der Waals surface area (Å²) in [5, 5.41) is 0.466. The molecule has 0 aromatic heterocycles. The molecule has 0 aliphatic carbocycles. The summed E-state index contributed by atoms with van der Waals surface area (Å²) < 4.78 is 14.1. The van der Waals surface area contributed by atoms with Crippen molar-refractivity contribution in [2.24, 2.45) is 5.73 Å². The standard InChI is InChI=1S/C20H25ClFN/c1-13-8-9-15(20(2,3)4)11-16(13)14(12-23)10-17-18(21)6-5-7-19(17)22/h5-9,11,14H,10,12,23H2,1-4H3. The van der Waals surface area contributed by atoms with Gasteiger partial charge in [-0.2, -0.15) is 0 Å². The van der Waals surface area contributed by atoms with Crippen molar-refractivity contribution in [3.8, 4) is 0 Å². The van der Waals surface area contributed by atoms with Gasteiger partial charge in [-0.25, -0.2) is 4.39 Å². The fourth-order valence-electron chi connectivity index (χ4n) is 2.84. The minimum absolute atomic E-state index is 0.0479. The van der Waals surface area contributed by atoms with E-state index < -0.39 is 0 Å². The lowest BCUT2D eigenvalue weighted by Gasteiger charge is -2.24. The monoisotopic (exact) mass is 333 g/mol. The first-order valence-corrected chi connectivity index (χ1v) is 8.35. The van der Waals surface area contributed by atoms with Crippen LogP contribution in [0, 0.1) is 12.7 Å². The molecule has 0 saturated carbocycles. The molecule has 124 valence electrons. The third kappa shape index (κ3) is 4.13. The van der Waals surface area contributed by atoms with Crippen LogP contribution in [-0.2, 0) is 11.8 Å². The van der Waals surface area contributed by atoms with Gasteiger partial charge < -0.3 is 5.73 Å². The zero-order valence-electron chi connectivity index (χ0n) is 14.3. The normalized spacial score (nSPS) is 13.2. The van der Waals surface area contributed by atoms with Gasteiger partial charge in [-0.05, 0) is 54.1 Å². The van der Waals surface area contributed by atoms with Crippen molar-refractivity contribution < 1.29 is 4.39 Å². The molecule has 0 radical (unpaired) electrons. The Hall–Kier alpha value is -1.38. The fraction of sp³-hybridized carbons (Fsp3) is 0.400. The average molecular weight is 334 g/mol.